The van der Waals surface area contributed by atoms with E-state index in [0.29, 0.717) is 21.4 Å². The van der Waals surface area contributed by atoms with E-state index in [9.17, 15) is 9.59 Å². The highest BCUT2D eigenvalue weighted by atomic mass is 32.1. The summed E-state index contributed by atoms with van der Waals surface area (Å²) in [5.41, 5.74) is 0.960. The summed E-state index contributed by atoms with van der Waals surface area (Å²) in [5, 5.41) is 7.27. The highest BCUT2D eigenvalue weighted by molar-refractivity contribution is 7.17. The molecule has 0 saturated carbocycles. The number of carbonyl (C=O) groups is 2. The summed E-state index contributed by atoms with van der Waals surface area (Å²) in [5.74, 6) is -0.377. The van der Waals surface area contributed by atoms with E-state index in [1.54, 1.807) is 23.9 Å². The molecule has 0 radical (unpaired) electrons. The Bertz CT molecular complexity index is 657. The van der Waals surface area contributed by atoms with Gasteiger partial charge in [-0.1, -0.05) is 11.3 Å². The van der Waals surface area contributed by atoms with Gasteiger partial charge in [0, 0.05) is 19.2 Å². The number of rotatable bonds is 4. The number of anilines is 1. The summed E-state index contributed by atoms with van der Waals surface area (Å²) in [4.78, 5) is 28.1. The van der Waals surface area contributed by atoms with Crippen LogP contribution in [-0.4, -0.2) is 26.5 Å². The fourth-order valence-corrected chi connectivity index (χ4v) is 2.54. The van der Waals surface area contributed by atoms with Gasteiger partial charge in [-0.05, 0) is 26.8 Å². The first kappa shape index (κ1) is 14.4. The molecule has 0 saturated heterocycles. The molecule has 7 heteroatoms. The number of thiazole rings is 1. The van der Waals surface area contributed by atoms with Crippen molar-refractivity contribution >= 4 is 28.2 Å². The predicted molar refractivity (Wildman–Crippen MR) is 77.4 cm³/mol. The maximum Gasteiger partial charge on any atom is 0.277 e. The summed E-state index contributed by atoms with van der Waals surface area (Å²) >= 11 is 1.18. The lowest BCUT2D eigenvalue weighted by Gasteiger charge is -2.03. The van der Waals surface area contributed by atoms with Gasteiger partial charge in [-0.25, -0.2) is 4.98 Å². The first-order valence-electron chi connectivity index (χ1n) is 6.23. The Morgan fingerprint density at radius 2 is 2.10 bits per heavy atom. The van der Waals surface area contributed by atoms with Crippen molar-refractivity contribution in [2.75, 3.05) is 5.32 Å². The van der Waals surface area contributed by atoms with Gasteiger partial charge in [-0.3, -0.25) is 19.6 Å². The van der Waals surface area contributed by atoms with E-state index in [2.05, 4.69) is 15.4 Å². The van der Waals surface area contributed by atoms with E-state index in [4.69, 9.17) is 0 Å². The molecule has 0 unspecified atom stereocenters. The van der Waals surface area contributed by atoms with Crippen LogP contribution in [-0.2, 0) is 0 Å². The van der Waals surface area contributed by atoms with Crippen LogP contribution >= 0.6 is 11.3 Å². The van der Waals surface area contributed by atoms with Crippen molar-refractivity contribution in [1.29, 1.82) is 0 Å². The molecule has 20 heavy (non-hydrogen) atoms. The van der Waals surface area contributed by atoms with Crippen LogP contribution in [0.2, 0.25) is 0 Å². The molecule has 0 aliphatic heterocycles. The second kappa shape index (κ2) is 5.54. The monoisotopic (exact) mass is 292 g/mol. The van der Waals surface area contributed by atoms with Crippen LogP contribution in [0.1, 0.15) is 52.7 Å². The molecular weight excluding hydrogens is 276 g/mol. The largest absolute Gasteiger partial charge is 0.296 e. The number of carbonyl (C=O) groups excluding carboxylic acids is 2. The van der Waals surface area contributed by atoms with Crippen molar-refractivity contribution in [3.05, 3.63) is 28.5 Å². The van der Waals surface area contributed by atoms with Gasteiger partial charge in [-0.15, -0.1) is 0 Å². The topological polar surface area (TPSA) is 76.9 Å². The first-order valence-corrected chi connectivity index (χ1v) is 7.05. The second-order valence-corrected chi connectivity index (χ2v) is 5.72. The minimum Gasteiger partial charge on any atom is -0.296 e. The van der Waals surface area contributed by atoms with E-state index in [1.807, 2.05) is 13.8 Å². The Hall–Kier alpha value is -2.02. The Morgan fingerprint density at radius 3 is 2.60 bits per heavy atom. The molecule has 2 heterocycles. The van der Waals surface area contributed by atoms with E-state index < -0.39 is 0 Å². The van der Waals surface area contributed by atoms with Crippen LogP contribution in [0.25, 0.3) is 0 Å². The van der Waals surface area contributed by atoms with Crippen molar-refractivity contribution in [1.82, 2.24) is 14.8 Å². The lowest BCUT2D eigenvalue weighted by atomic mass is 10.3. The Balaban J connectivity index is 2.14. The zero-order valence-corrected chi connectivity index (χ0v) is 12.6. The molecule has 0 fully saturated rings. The molecule has 0 aliphatic carbocycles. The SMILES string of the molecule is CC(=O)c1sc(NC(=O)c2ccn(C(C)C)n2)nc1C. The van der Waals surface area contributed by atoms with Gasteiger partial charge in [-0.2, -0.15) is 5.10 Å². The summed E-state index contributed by atoms with van der Waals surface area (Å²) in [6, 6.07) is 1.85. The van der Waals surface area contributed by atoms with Crippen molar-refractivity contribution in [3.8, 4) is 0 Å². The van der Waals surface area contributed by atoms with Crippen LogP contribution in [0.3, 0.4) is 0 Å². The maximum absolute atomic E-state index is 12.0. The molecule has 1 N–H and O–H groups in total. The zero-order valence-electron chi connectivity index (χ0n) is 11.8. The van der Waals surface area contributed by atoms with Gasteiger partial charge < -0.3 is 0 Å². The summed E-state index contributed by atoms with van der Waals surface area (Å²) in [6.45, 7) is 7.20. The molecule has 0 aromatic carbocycles. The average molecular weight is 292 g/mol. The summed E-state index contributed by atoms with van der Waals surface area (Å²) in [6.07, 6.45) is 1.76. The lowest BCUT2D eigenvalue weighted by Crippen LogP contribution is -2.13. The van der Waals surface area contributed by atoms with Crippen LogP contribution in [0.4, 0.5) is 5.13 Å². The molecule has 0 aliphatic rings. The maximum atomic E-state index is 12.0. The quantitative estimate of drug-likeness (QED) is 0.879. The highest BCUT2D eigenvalue weighted by Gasteiger charge is 2.16. The van der Waals surface area contributed by atoms with Crippen molar-refractivity contribution in [3.63, 3.8) is 0 Å². The smallest absolute Gasteiger partial charge is 0.277 e. The number of ketones is 1. The molecule has 2 aromatic heterocycles. The number of nitrogens with one attached hydrogen (secondary N) is 1. The van der Waals surface area contributed by atoms with Crippen molar-refractivity contribution < 1.29 is 9.59 Å². The van der Waals surface area contributed by atoms with Crippen LogP contribution in [0.5, 0.6) is 0 Å². The van der Waals surface area contributed by atoms with Gasteiger partial charge in [0.25, 0.3) is 5.91 Å². The second-order valence-electron chi connectivity index (χ2n) is 4.72. The minimum atomic E-state index is -0.326. The summed E-state index contributed by atoms with van der Waals surface area (Å²) in [7, 11) is 0. The van der Waals surface area contributed by atoms with E-state index in [0.717, 1.165) is 0 Å². The Labute approximate surface area is 120 Å². The number of amides is 1. The van der Waals surface area contributed by atoms with Crippen LogP contribution < -0.4 is 5.32 Å². The molecule has 106 valence electrons. The molecule has 2 aromatic rings. The van der Waals surface area contributed by atoms with Crippen LogP contribution in [0, 0.1) is 6.92 Å². The standard InChI is InChI=1S/C13H16N4O2S/c1-7(2)17-6-5-10(16-17)12(19)15-13-14-8(3)11(20-13)9(4)18/h5-7H,1-4H3,(H,14,15,19). The molecule has 0 bridgehead atoms. The van der Waals surface area contributed by atoms with E-state index in [1.165, 1.54) is 18.3 Å². The van der Waals surface area contributed by atoms with Gasteiger partial charge in [0.15, 0.2) is 16.6 Å². The van der Waals surface area contributed by atoms with E-state index in [-0.39, 0.29) is 17.7 Å². The van der Waals surface area contributed by atoms with Gasteiger partial charge in [0.05, 0.1) is 10.6 Å². The third-order valence-electron chi connectivity index (χ3n) is 2.71. The zero-order chi connectivity index (χ0) is 14.9. The van der Waals surface area contributed by atoms with Crippen molar-refractivity contribution in [2.45, 2.75) is 33.7 Å². The molecule has 0 atom stereocenters. The third-order valence-corrected chi connectivity index (χ3v) is 3.88. The number of aryl methyl sites for hydroxylation is 1. The number of Topliss-reactive ketones (excluding diaryl/α,β-unsaturated/α-hetero) is 1. The fraction of sp³-hybridized carbons (Fsp3) is 0.385. The average Bonchev–Trinajstić information content (AvgIpc) is 2.95. The van der Waals surface area contributed by atoms with Crippen molar-refractivity contribution in [2.24, 2.45) is 0 Å². The third kappa shape index (κ3) is 2.93. The molecule has 2 rings (SSSR count). The fourth-order valence-electron chi connectivity index (χ4n) is 1.68. The Kier molecular flexibility index (Phi) is 3.99. The van der Waals surface area contributed by atoms with Gasteiger partial charge >= 0.3 is 0 Å². The normalized spacial score (nSPS) is 10.8. The number of hydrogen-bond donors (Lipinski definition) is 1. The molecular formula is C13H16N4O2S. The van der Waals surface area contributed by atoms with E-state index >= 15 is 0 Å². The van der Waals surface area contributed by atoms with Crippen LogP contribution in [0.15, 0.2) is 12.3 Å². The van der Waals surface area contributed by atoms with Gasteiger partial charge in [0.2, 0.25) is 0 Å². The lowest BCUT2D eigenvalue weighted by molar-refractivity contribution is 0.101. The van der Waals surface area contributed by atoms with Gasteiger partial charge in [0.1, 0.15) is 0 Å². The molecule has 1 amide bonds. The number of nitrogens with zero attached hydrogens (tertiary/aromatic N) is 3. The first-order chi connectivity index (χ1) is 9.38. The minimum absolute atomic E-state index is 0.0513. The molecule has 0 spiro atoms. The number of hydrogen-bond acceptors (Lipinski definition) is 5. The highest BCUT2D eigenvalue weighted by Crippen LogP contribution is 2.23. The predicted octanol–water partition coefficient (Wildman–Crippen LogP) is 2.68. The number of aromatic nitrogens is 3. The molecule has 6 nitrogen and oxygen atoms in total. The Morgan fingerprint density at radius 1 is 1.40 bits per heavy atom. The summed E-state index contributed by atoms with van der Waals surface area (Å²) < 4.78 is 1.71.